The zero-order valence-corrected chi connectivity index (χ0v) is 11.9. The van der Waals surface area contributed by atoms with Gasteiger partial charge in [-0.3, -0.25) is 14.6 Å². The molecule has 0 radical (unpaired) electrons. The van der Waals surface area contributed by atoms with Gasteiger partial charge in [0, 0.05) is 10.7 Å². The minimum atomic E-state index is -0.504. The molecule has 0 aliphatic carbocycles. The summed E-state index contributed by atoms with van der Waals surface area (Å²) in [4.78, 5) is 30.4. The fraction of sp³-hybridized carbons (Fsp3) is 0.0714. The molecule has 0 aliphatic heterocycles. The minimum Gasteiger partial charge on any atom is -0.341 e. The zero-order chi connectivity index (χ0) is 14.5. The van der Waals surface area contributed by atoms with Crippen LogP contribution >= 0.6 is 15.9 Å². The first-order valence-corrected chi connectivity index (χ1v) is 6.48. The van der Waals surface area contributed by atoms with Crippen molar-refractivity contribution < 1.29 is 4.79 Å². The number of amides is 1. The Morgan fingerprint density at radius 1 is 1.45 bits per heavy atom. The van der Waals surface area contributed by atoms with Crippen LogP contribution in [0.5, 0.6) is 0 Å². The summed E-state index contributed by atoms with van der Waals surface area (Å²) in [7, 11) is 0. The van der Waals surface area contributed by atoms with E-state index >= 15 is 0 Å². The second-order valence-corrected chi connectivity index (χ2v) is 4.69. The molecule has 1 amide bonds. The van der Waals surface area contributed by atoms with Gasteiger partial charge in [-0.1, -0.05) is 5.92 Å². The average Bonchev–Trinajstić information content (AvgIpc) is 2.45. The van der Waals surface area contributed by atoms with Gasteiger partial charge in [-0.2, -0.15) is 0 Å². The molecule has 0 bridgehead atoms. The van der Waals surface area contributed by atoms with Crippen molar-refractivity contribution in [3.63, 3.8) is 0 Å². The van der Waals surface area contributed by atoms with E-state index in [0.29, 0.717) is 11.4 Å². The van der Waals surface area contributed by atoms with E-state index in [4.69, 9.17) is 6.42 Å². The molecule has 0 saturated carbocycles. The van der Waals surface area contributed by atoms with E-state index in [1.165, 1.54) is 6.07 Å². The summed E-state index contributed by atoms with van der Waals surface area (Å²) >= 11 is 3.35. The molecule has 2 rings (SSSR count). The first kappa shape index (κ1) is 14.0. The predicted molar refractivity (Wildman–Crippen MR) is 79.2 cm³/mol. The summed E-state index contributed by atoms with van der Waals surface area (Å²) in [6.07, 6.45) is 6.66. The smallest absolute Gasteiger partial charge is 0.261 e. The molecule has 2 aromatic heterocycles. The van der Waals surface area contributed by atoms with Crippen molar-refractivity contribution in [2.45, 2.75) is 0 Å². The molecule has 5 nitrogen and oxygen atoms in total. The van der Waals surface area contributed by atoms with Crippen LogP contribution in [0.4, 0.5) is 0 Å². The number of carbonyl (C=O) groups excluding carboxylic acids is 1. The number of nitrogens with zero attached hydrogens (tertiary/aromatic N) is 1. The number of halogens is 1. The largest absolute Gasteiger partial charge is 0.341 e. The fourth-order valence-electron chi connectivity index (χ4n) is 1.60. The van der Waals surface area contributed by atoms with Gasteiger partial charge in [-0.05, 0) is 40.2 Å². The van der Waals surface area contributed by atoms with Crippen LogP contribution in [0, 0.1) is 12.3 Å². The van der Waals surface area contributed by atoms with Gasteiger partial charge in [0.2, 0.25) is 0 Å². The summed E-state index contributed by atoms with van der Waals surface area (Å²) in [6.45, 7) is 0.0752. The normalized spacial score (nSPS) is 9.80. The molecule has 0 saturated heterocycles. The monoisotopic (exact) mass is 331 g/mol. The topological polar surface area (TPSA) is 74.8 Å². The summed E-state index contributed by atoms with van der Waals surface area (Å²) in [5.74, 6) is 1.77. The maximum absolute atomic E-state index is 11.9. The van der Waals surface area contributed by atoms with Crippen LogP contribution < -0.4 is 10.9 Å². The molecule has 20 heavy (non-hydrogen) atoms. The van der Waals surface area contributed by atoms with E-state index in [9.17, 15) is 9.59 Å². The lowest BCUT2D eigenvalue weighted by molar-refractivity contribution is 0.0957. The molecule has 2 aromatic rings. The number of H-pyrrole nitrogens is 1. The Bertz CT molecular complexity index is 747. The Morgan fingerprint density at radius 2 is 2.25 bits per heavy atom. The predicted octanol–water partition coefficient (Wildman–Crippen LogP) is 1.56. The summed E-state index contributed by atoms with van der Waals surface area (Å²) in [5.41, 5.74) is 0.641. The van der Waals surface area contributed by atoms with Gasteiger partial charge < -0.3 is 10.3 Å². The highest BCUT2D eigenvalue weighted by molar-refractivity contribution is 9.10. The molecule has 6 heteroatoms. The lowest BCUT2D eigenvalue weighted by Crippen LogP contribution is -2.29. The van der Waals surface area contributed by atoms with Gasteiger partial charge in [0.05, 0.1) is 12.2 Å². The summed E-state index contributed by atoms with van der Waals surface area (Å²) < 4.78 is 0.750. The third kappa shape index (κ3) is 2.95. The standard InChI is InChI=1S/C14H10BrN3O2/c1-2-7-17-13(19)9-5-6-11(18-14(9)20)12-10(15)4-3-8-16-12/h1,3-6,8H,7H2,(H,17,19)(H,18,20). The minimum absolute atomic E-state index is 0.0102. The lowest BCUT2D eigenvalue weighted by Gasteiger charge is -2.05. The van der Waals surface area contributed by atoms with E-state index in [1.54, 1.807) is 18.3 Å². The molecular weight excluding hydrogens is 322 g/mol. The molecule has 0 spiro atoms. The number of nitrogens with one attached hydrogen (secondary N) is 2. The van der Waals surface area contributed by atoms with Crippen molar-refractivity contribution >= 4 is 21.8 Å². The van der Waals surface area contributed by atoms with Crippen molar-refractivity contribution in [1.82, 2.24) is 15.3 Å². The highest BCUT2D eigenvalue weighted by atomic mass is 79.9. The second kappa shape index (κ2) is 6.17. The quantitative estimate of drug-likeness (QED) is 0.838. The molecule has 2 N–H and O–H groups in total. The third-order valence-corrected chi connectivity index (χ3v) is 3.16. The van der Waals surface area contributed by atoms with Gasteiger partial charge in [0.1, 0.15) is 11.3 Å². The van der Waals surface area contributed by atoms with Crippen LogP contribution in [0.25, 0.3) is 11.4 Å². The molecular formula is C14H10BrN3O2. The Hall–Kier alpha value is -2.39. The van der Waals surface area contributed by atoms with Crippen LogP contribution in [0.3, 0.4) is 0 Å². The van der Waals surface area contributed by atoms with Crippen molar-refractivity contribution in [2.75, 3.05) is 6.54 Å². The van der Waals surface area contributed by atoms with Crippen molar-refractivity contribution in [1.29, 1.82) is 0 Å². The highest BCUT2D eigenvalue weighted by Gasteiger charge is 2.12. The van der Waals surface area contributed by atoms with Crippen LogP contribution in [0.15, 0.2) is 39.7 Å². The van der Waals surface area contributed by atoms with Gasteiger partial charge in [-0.15, -0.1) is 6.42 Å². The molecule has 100 valence electrons. The van der Waals surface area contributed by atoms with Crippen LogP contribution in [-0.2, 0) is 0 Å². The molecule has 2 heterocycles. The molecule has 0 aromatic carbocycles. The maximum atomic E-state index is 11.9. The Balaban J connectivity index is 2.36. The Morgan fingerprint density at radius 3 is 2.90 bits per heavy atom. The first-order valence-electron chi connectivity index (χ1n) is 5.69. The van der Waals surface area contributed by atoms with Crippen molar-refractivity contribution in [2.24, 2.45) is 0 Å². The number of pyridine rings is 2. The number of aromatic amines is 1. The average molecular weight is 332 g/mol. The lowest BCUT2D eigenvalue weighted by atomic mass is 10.2. The number of hydrogen-bond acceptors (Lipinski definition) is 3. The fourth-order valence-corrected chi connectivity index (χ4v) is 2.07. The Kier molecular flexibility index (Phi) is 4.33. The van der Waals surface area contributed by atoms with E-state index in [0.717, 1.165) is 4.47 Å². The molecule has 0 atom stereocenters. The maximum Gasteiger partial charge on any atom is 0.261 e. The number of rotatable bonds is 3. The number of carbonyl (C=O) groups is 1. The summed E-state index contributed by atoms with van der Waals surface area (Å²) in [6, 6.07) is 6.65. The van der Waals surface area contributed by atoms with E-state index < -0.39 is 11.5 Å². The van der Waals surface area contributed by atoms with Crippen LogP contribution in [0.1, 0.15) is 10.4 Å². The SMILES string of the molecule is C#CCNC(=O)c1ccc(-c2ncccc2Br)[nH]c1=O. The number of aromatic nitrogens is 2. The highest BCUT2D eigenvalue weighted by Crippen LogP contribution is 2.22. The van der Waals surface area contributed by atoms with E-state index in [1.807, 2.05) is 6.07 Å². The zero-order valence-electron chi connectivity index (χ0n) is 10.3. The molecule has 0 aliphatic rings. The second-order valence-electron chi connectivity index (χ2n) is 3.84. The third-order valence-electron chi connectivity index (χ3n) is 2.52. The van der Waals surface area contributed by atoms with Crippen LogP contribution in [-0.4, -0.2) is 22.4 Å². The first-order chi connectivity index (χ1) is 9.63. The molecule has 0 fully saturated rings. The number of terminal acetylenes is 1. The van der Waals surface area contributed by atoms with Crippen molar-refractivity contribution in [3.8, 4) is 23.7 Å². The summed E-state index contributed by atoms with van der Waals surface area (Å²) in [5, 5.41) is 2.44. The van der Waals surface area contributed by atoms with Gasteiger partial charge >= 0.3 is 0 Å². The van der Waals surface area contributed by atoms with Gasteiger partial charge in [0.25, 0.3) is 11.5 Å². The van der Waals surface area contributed by atoms with Crippen LogP contribution in [0.2, 0.25) is 0 Å². The molecule has 0 unspecified atom stereocenters. The van der Waals surface area contributed by atoms with E-state index in [2.05, 4.69) is 37.1 Å². The number of hydrogen-bond donors (Lipinski definition) is 2. The Labute approximate surface area is 123 Å². The van der Waals surface area contributed by atoms with Gasteiger partial charge in [0.15, 0.2) is 0 Å². The van der Waals surface area contributed by atoms with Gasteiger partial charge in [-0.25, -0.2) is 0 Å². The van der Waals surface area contributed by atoms with Crippen molar-refractivity contribution in [3.05, 3.63) is 50.9 Å². The van der Waals surface area contributed by atoms with E-state index in [-0.39, 0.29) is 12.1 Å².